The molecule has 0 N–H and O–H groups in total. The van der Waals surface area contributed by atoms with E-state index in [1.807, 2.05) is 9.80 Å². The van der Waals surface area contributed by atoms with E-state index in [1.54, 1.807) is 0 Å². The average Bonchev–Trinajstić information content (AvgIpc) is 3.07. The highest BCUT2D eigenvalue weighted by Crippen LogP contribution is 2.30. The molecule has 0 bridgehead atoms. The molecule has 0 radical (unpaired) electrons. The van der Waals surface area contributed by atoms with Crippen LogP contribution in [0.25, 0.3) is 0 Å². The normalized spacial score (nSPS) is 29.4. The Labute approximate surface area is 120 Å². The molecule has 0 unspecified atom stereocenters. The van der Waals surface area contributed by atoms with E-state index in [0.29, 0.717) is 19.0 Å². The van der Waals surface area contributed by atoms with Crippen molar-refractivity contribution in [3.8, 4) is 0 Å². The number of piperazine rings is 1. The van der Waals surface area contributed by atoms with Crippen molar-refractivity contribution in [1.29, 1.82) is 0 Å². The summed E-state index contributed by atoms with van der Waals surface area (Å²) in [5.74, 6) is 0.308. The number of nitrogens with zero attached hydrogens (tertiary/aromatic N) is 3. The van der Waals surface area contributed by atoms with E-state index in [9.17, 15) is 9.59 Å². The average molecular weight is 279 g/mol. The zero-order chi connectivity index (χ0) is 14.1. The van der Waals surface area contributed by atoms with Crippen molar-refractivity contribution in [1.82, 2.24) is 14.7 Å². The SMILES string of the molecule is CN1CCN(C(=O)[C@@H]2CC(=O)N(C3CCCC3)C2)CC1. The van der Waals surface area contributed by atoms with Crippen LogP contribution < -0.4 is 0 Å². The highest BCUT2D eigenvalue weighted by atomic mass is 16.2. The third kappa shape index (κ3) is 2.68. The maximum absolute atomic E-state index is 12.5. The number of hydrogen-bond donors (Lipinski definition) is 0. The summed E-state index contributed by atoms with van der Waals surface area (Å²) in [7, 11) is 2.09. The van der Waals surface area contributed by atoms with E-state index >= 15 is 0 Å². The zero-order valence-corrected chi connectivity index (χ0v) is 12.4. The topological polar surface area (TPSA) is 43.9 Å². The van der Waals surface area contributed by atoms with Gasteiger partial charge in [0.15, 0.2) is 0 Å². The smallest absolute Gasteiger partial charge is 0.228 e. The largest absolute Gasteiger partial charge is 0.340 e. The van der Waals surface area contributed by atoms with Gasteiger partial charge in [-0.05, 0) is 19.9 Å². The monoisotopic (exact) mass is 279 g/mol. The van der Waals surface area contributed by atoms with Gasteiger partial charge in [0.2, 0.25) is 11.8 Å². The second-order valence-corrected chi connectivity index (χ2v) is 6.51. The van der Waals surface area contributed by atoms with Crippen molar-refractivity contribution in [3.05, 3.63) is 0 Å². The third-order valence-electron chi connectivity index (χ3n) is 5.09. The molecule has 5 heteroatoms. The summed E-state index contributed by atoms with van der Waals surface area (Å²) in [5, 5.41) is 0. The number of carbonyl (C=O) groups is 2. The Kier molecular flexibility index (Phi) is 3.96. The van der Waals surface area contributed by atoms with Crippen LogP contribution in [0, 0.1) is 5.92 Å². The van der Waals surface area contributed by atoms with Gasteiger partial charge in [-0.25, -0.2) is 0 Å². The van der Waals surface area contributed by atoms with Gasteiger partial charge in [-0.3, -0.25) is 9.59 Å². The molecule has 5 nitrogen and oxygen atoms in total. The maximum Gasteiger partial charge on any atom is 0.228 e. The summed E-state index contributed by atoms with van der Waals surface area (Å²) in [6.45, 7) is 4.17. The van der Waals surface area contributed by atoms with E-state index in [0.717, 1.165) is 39.0 Å². The van der Waals surface area contributed by atoms with Gasteiger partial charge < -0.3 is 14.7 Å². The van der Waals surface area contributed by atoms with E-state index in [2.05, 4.69) is 11.9 Å². The van der Waals surface area contributed by atoms with Crippen LogP contribution >= 0.6 is 0 Å². The Bertz CT molecular complexity index is 385. The molecule has 0 aromatic heterocycles. The van der Waals surface area contributed by atoms with E-state index < -0.39 is 0 Å². The molecule has 3 rings (SSSR count). The molecule has 3 fully saturated rings. The van der Waals surface area contributed by atoms with Gasteiger partial charge in [0.25, 0.3) is 0 Å². The molecule has 3 aliphatic rings. The standard InChI is InChI=1S/C15H25N3O2/c1-16-6-8-17(9-7-16)15(20)12-10-14(19)18(11-12)13-4-2-3-5-13/h12-13H,2-11H2,1H3/t12-/m1/s1. The summed E-state index contributed by atoms with van der Waals surface area (Å²) >= 11 is 0. The molecule has 1 aliphatic carbocycles. The molecule has 0 spiro atoms. The van der Waals surface area contributed by atoms with Gasteiger partial charge in [-0.1, -0.05) is 12.8 Å². The molecular weight excluding hydrogens is 254 g/mol. The number of likely N-dealkylation sites (tertiary alicyclic amines) is 1. The summed E-state index contributed by atoms with van der Waals surface area (Å²) in [6, 6.07) is 0.410. The van der Waals surface area contributed by atoms with Crippen molar-refractivity contribution in [2.45, 2.75) is 38.1 Å². The zero-order valence-electron chi connectivity index (χ0n) is 12.4. The van der Waals surface area contributed by atoms with Gasteiger partial charge >= 0.3 is 0 Å². The van der Waals surface area contributed by atoms with Gasteiger partial charge in [0.1, 0.15) is 0 Å². The lowest BCUT2D eigenvalue weighted by atomic mass is 10.1. The first-order valence-corrected chi connectivity index (χ1v) is 7.92. The Morgan fingerprint density at radius 1 is 1.10 bits per heavy atom. The van der Waals surface area contributed by atoms with Crippen molar-refractivity contribution < 1.29 is 9.59 Å². The number of likely N-dealkylation sites (N-methyl/N-ethyl adjacent to an activating group) is 1. The van der Waals surface area contributed by atoms with Crippen molar-refractivity contribution in [3.63, 3.8) is 0 Å². The van der Waals surface area contributed by atoms with Crippen LogP contribution in [-0.2, 0) is 9.59 Å². The number of rotatable bonds is 2. The minimum Gasteiger partial charge on any atom is -0.340 e. The lowest BCUT2D eigenvalue weighted by molar-refractivity contribution is -0.137. The number of carbonyl (C=O) groups excluding carboxylic acids is 2. The quantitative estimate of drug-likeness (QED) is 0.741. The molecule has 2 aliphatic heterocycles. The fourth-order valence-corrected chi connectivity index (χ4v) is 3.75. The summed E-state index contributed by atoms with van der Waals surface area (Å²) < 4.78 is 0. The van der Waals surface area contributed by atoms with Crippen LogP contribution in [0.2, 0.25) is 0 Å². The molecule has 2 saturated heterocycles. The second kappa shape index (κ2) is 5.72. The first kappa shape index (κ1) is 13.9. The van der Waals surface area contributed by atoms with E-state index in [1.165, 1.54) is 12.8 Å². The predicted octanol–water partition coefficient (Wildman–Crippen LogP) is 0.552. The lowest BCUT2D eigenvalue weighted by Crippen LogP contribution is -2.49. The molecule has 2 amide bonds. The van der Waals surface area contributed by atoms with E-state index in [4.69, 9.17) is 0 Å². The van der Waals surface area contributed by atoms with Crippen LogP contribution in [0.15, 0.2) is 0 Å². The highest BCUT2D eigenvalue weighted by molar-refractivity contribution is 5.89. The van der Waals surface area contributed by atoms with Crippen molar-refractivity contribution >= 4 is 11.8 Å². The third-order valence-corrected chi connectivity index (χ3v) is 5.09. The fraction of sp³-hybridized carbons (Fsp3) is 0.867. The predicted molar refractivity (Wildman–Crippen MR) is 76.2 cm³/mol. The van der Waals surface area contributed by atoms with Crippen molar-refractivity contribution in [2.75, 3.05) is 39.8 Å². The molecule has 0 aromatic carbocycles. The summed E-state index contributed by atoms with van der Waals surface area (Å²) in [4.78, 5) is 30.9. The fourth-order valence-electron chi connectivity index (χ4n) is 3.75. The van der Waals surface area contributed by atoms with Crippen LogP contribution in [0.4, 0.5) is 0 Å². The first-order chi connectivity index (χ1) is 9.65. The van der Waals surface area contributed by atoms with Gasteiger partial charge in [0, 0.05) is 45.2 Å². The maximum atomic E-state index is 12.5. The van der Waals surface area contributed by atoms with Gasteiger partial charge in [-0.2, -0.15) is 0 Å². The molecule has 2 heterocycles. The van der Waals surface area contributed by atoms with Gasteiger partial charge in [0.05, 0.1) is 5.92 Å². The number of amides is 2. The van der Waals surface area contributed by atoms with Crippen LogP contribution in [0.5, 0.6) is 0 Å². The number of hydrogen-bond acceptors (Lipinski definition) is 3. The minimum atomic E-state index is -0.0912. The van der Waals surface area contributed by atoms with Crippen LogP contribution in [0.1, 0.15) is 32.1 Å². The minimum absolute atomic E-state index is 0.0912. The molecular formula is C15H25N3O2. The lowest BCUT2D eigenvalue weighted by Gasteiger charge is -2.34. The molecule has 1 atom stereocenters. The van der Waals surface area contributed by atoms with Crippen LogP contribution in [0.3, 0.4) is 0 Å². The summed E-state index contributed by atoms with van der Waals surface area (Å²) in [5.41, 5.74) is 0. The first-order valence-electron chi connectivity index (χ1n) is 7.92. The highest BCUT2D eigenvalue weighted by Gasteiger charge is 2.40. The Hall–Kier alpha value is -1.10. The summed E-state index contributed by atoms with van der Waals surface area (Å²) in [6.07, 6.45) is 5.14. The molecule has 1 saturated carbocycles. The van der Waals surface area contributed by atoms with E-state index in [-0.39, 0.29) is 17.7 Å². The van der Waals surface area contributed by atoms with Crippen molar-refractivity contribution in [2.24, 2.45) is 5.92 Å². The second-order valence-electron chi connectivity index (χ2n) is 6.51. The van der Waals surface area contributed by atoms with Gasteiger partial charge in [-0.15, -0.1) is 0 Å². The Morgan fingerprint density at radius 3 is 2.40 bits per heavy atom. The molecule has 20 heavy (non-hydrogen) atoms. The molecule has 112 valence electrons. The Balaban J connectivity index is 1.58. The van der Waals surface area contributed by atoms with Crippen LogP contribution in [-0.4, -0.2) is 72.3 Å². The Morgan fingerprint density at radius 2 is 1.75 bits per heavy atom. The molecule has 0 aromatic rings.